The predicted molar refractivity (Wildman–Crippen MR) is 45.3 cm³/mol. The Balaban J connectivity index is 2.43. The number of hydrogen-bond donors (Lipinski definition) is 1. The van der Waals surface area contributed by atoms with Gasteiger partial charge in [0.05, 0.1) is 6.61 Å². The predicted octanol–water partition coefficient (Wildman–Crippen LogP) is 0.622. The van der Waals surface area contributed by atoms with Crippen molar-refractivity contribution < 1.29 is 4.84 Å². The standard InChI is InChI=1S/C8H18N2O/c1-8(2,3)10-6-4-9-5-7-11-10/h9H,4-7H2,1-3H3. The molecule has 0 saturated carbocycles. The molecule has 0 atom stereocenters. The van der Waals surface area contributed by atoms with Crippen LogP contribution in [-0.4, -0.2) is 36.8 Å². The van der Waals surface area contributed by atoms with Crippen LogP contribution in [-0.2, 0) is 4.84 Å². The third-order valence-electron chi connectivity index (χ3n) is 1.77. The van der Waals surface area contributed by atoms with Crippen molar-refractivity contribution in [1.29, 1.82) is 0 Å². The van der Waals surface area contributed by atoms with Crippen molar-refractivity contribution in [3.05, 3.63) is 0 Å². The van der Waals surface area contributed by atoms with Crippen LogP contribution >= 0.6 is 0 Å². The van der Waals surface area contributed by atoms with Crippen molar-refractivity contribution in [2.45, 2.75) is 26.3 Å². The fourth-order valence-corrected chi connectivity index (χ4v) is 1.13. The number of hydrogen-bond acceptors (Lipinski definition) is 3. The van der Waals surface area contributed by atoms with Gasteiger partial charge in [0, 0.05) is 25.2 Å². The number of hydroxylamine groups is 2. The van der Waals surface area contributed by atoms with Crippen molar-refractivity contribution in [2.24, 2.45) is 0 Å². The van der Waals surface area contributed by atoms with Crippen LogP contribution in [0.3, 0.4) is 0 Å². The van der Waals surface area contributed by atoms with E-state index in [2.05, 4.69) is 26.1 Å². The van der Waals surface area contributed by atoms with Crippen LogP contribution in [0, 0.1) is 0 Å². The fourth-order valence-electron chi connectivity index (χ4n) is 1.13. The monoisotopic (exact) mass is 158 g/mol. The van der Waals surface area contributed by atoms with Crippen molar-refractivity contribution in [3.63, 3.8) is 0 Å². The van der Waals surface area contributed by atoms with E-state index in [1.807, 2.05) is 5.06 Å². The van der Waals surface area contributed by atoms with Gasteiger partial charge in [-0.2, -0.15) is 5.06 Å². The van der Waals surface area contributed by atoms with Crippen molar-refractivity contribution >= 4 is 0 Å². The van der Waals surface area contributed by atoms with Gasteiger partial charge >= 0.3 is 0 Å². The van der Waals surface area contributed by atoms with Crippen LogP contribution < -0.4 is 5.32 Å². The molecule has 1 fully saturated rings. The first-order chi connectivity index (χ1) is 5.11. The number of nitrogens with zero attached hydrogens (tertiary/aromatic N) is 1. The minimum Gasteiger partial charge on any atom is -0.313 e. The Hall–Kier alpha value is -0.120. The average Bonchev–Trinajstić information content (AvgIpc) is 2.10. The van der Waals surface area contributed by atoms with E-state index in [-0.39, 0.29) is 5.54 Å². The summed E-state index contributed by atoms with van der Waals surface area (Å²) < 4.78 is 0. The molecule has 0 radical (unpaired) electrons. The van der Waals surface area contributed by atoms with Crippen LogP contribution in [0.5, 0.6) is 0 Å². The van der Waals surface area contributed by atoms with Gasteiger partial charge in [0.15, 0.2) is 0 Å². The van der Waals surface area contributed by atoms with Crippen LogP contribution in [0.2, 0.25) is 0 Å². The Morgan fingerprint density at radius 2 is 2.00 bits per heavy atom. The second kappa shape index (κ2) is 3.52. The van der Waals surface area contributed by atoms with Gasteiger partial charge in [-0.15, -0.1) is 0 Å². The first-order valence-electron chi connectivity index (χ1n) is 4.22. The van der Waals surface area contributed by atoms with E-state index < -0.39 is 0 Å². The SMILES string of the molecule is CC(C)(C)N1CCNCCO1. The highest BCUT2D eigenvalue weighted by atomic mass is 16.7. The summed E-state index contributed by atoms with van der Waals surface area (Å²) in [6, 6.07) is 0. The second-order valence-electron chi connectivity index (χ2n) is 3.86. The van der Waals surface area contributed by atoms with E-state index in [4.69, 9.17) is 4.84 Å². The molecule has 1 N–H and O–H groups in total. The van der Waals surface area contributed by atoms with E-state index in [9.17, 15) is 0 Å². The van der Waals surface area contributed by atoms with E-state index in [1.165, 1.54) is 0 Å². The van der Waals surface area contributed by atoms with Crippen LogP contribution in [0.1, 0.15) is 20.8 Å². The molecule has 3 nitrogen and oxygen atoms in total. The first kappa shape index (κ1) is 8.97. The summed E-state index contributed by atoms with van der Waals surface area (Å²) in [5.74, 6) is 0. The van der Waals surface area contributed by atoms with Crippen LogP contribution in [0.15, 0.2) is 0 Å². The summed E-state index contributed by atoms with van der Waals surface area (Å²) in [5, 5.41) is 5.33. The van der Waals surface area contributed by atoms with Gasteiger partial charge in [-0.05, 0) is 20.8 Å². The summed E-state index contributed by atoms with van der Waals surface area (Å²) in [6.45, 7) is 10.2. The van der Waals surface area contributed by atoms with Crippen molar-refractivity contribution in [1.82, 2.24) is 10.4 Å². The zero-order valence-corrected chi connectivity index (χ0v) is 7.68. The maximum atomic E-state index is 5.54. The molecule has 0 spiro atoms. The third-order valence-corrected chi connectivity index (χ3v) is 1.77. The molecule has 1 saturated heterocycles. The molecule has 1 rings (SSSR count). The van der Waals surface area contributed by atoms with E-state index in [1.54, 1.807) is 0 Å². The second-order valence-corrected chi connectivity index (χ2v) is 3.86. The first-order valence-corrected chi connectivity index (χ1v) is 4.22. The number of nitrogens with one attached hydrogen (secondary N) is 1. The van der Waals surface area contributed by atoms with Crippen LogP contribution in [0.4, 0.5) is 0 Å². The maximum Gasteiger partial charge on any atom is 0.0809 e. The average molecular weight is 158 g/mol. The molecule has 66 valence electrons. The Kier molecular flexibility index (Phi) is 2.87. The highest BCUT2D eigenvalue weighted by Gasteiger charge is 2.22. The molecule has 3 heteroatoms. The van der Waals surface area contributed by atoms with E-state index in [0.717, 1.165) is 26.2 Å². The van der Waals surface area contributed by atoms with E-state index >= 15 is 0 Å². The lowest BCUT2D eigenvalue weighted by atomic mass is 10.1. The van der Waals surface area contributed by atoms with Crippen molar-refractivity contribution in [2.75, 3.05) is 26.2 Å². The minimum atomic E-state index is 0.131. The van der Waals surface area contributed by atoms with Gasteiger partial charge in [-0.3, -0.25) is 4.84 Å². The Morgan fingerprint density at radius 1 is 1.27 bits per heavy atom. The molecule has 1 heterocycles. The van der Waals surface area contributed by atoms with Crippen molar-refractivity contribution in [3.8, 4) is 0 Å². The molecule has 0 aromatic heterocycles. The van der Waals surface area contributed by atoms with Gasteiger partial charge in [0.2, 0.25) is 0 Å². The molecule has 11 heavy (non-hydrogen) atoms. The normalized spacial score (nSPS) is 23.2. The fraction of sp³-hybridized carbons (Fsp3) is 1.00. The highest BCUT2D eigenvalue weighted by molar-refractivity contribution is 4.71. The Bertz CT molecular complexity index is 112. The zero-order chi connectivity index (χ0) is 8.32. The molecular weight excluding hydrogens is 140 g/mol. The third kappa shape index (κ3) is 2.77. The highest BCUT2D eigenvalue weighted by Crippen LogP contribution is 2.13. The Morgan fingerprint density at radius 3 is 2.64 bits per heavy atom. The minimum absolute atomic E-state index is 0.131. The summed E-state index contributed by atoms with van der Waals surface area (Å²) in [7, 11) is 0. The molecule has 0 bridgehead atoms. The molecular formula is C8H18N2O. The van der Waals surface area contributed by atoms with E-state index in [0.29, 0.717) is 0 Å². The van der Waals surface area contributed by atoms with Gasteiger partial charge in [-0.25, -0.2) is 0 Å². The summed E-state index contributed by atoms with van der Waals surface area (Å²) in [4.78, 5) is 5.54. The zero-order valence-electron chi connectivity index (χ0n) is 7.68. The molecule has 0 aromatic carbocycles. The molecule has 1 aliphatic rings. The summed E-state index contributed by atoms with van der Waals surface area (Å²) in [6.07, 6.45) is 0. The van der Waals surface area contributed by atoms with Gasteiger partial charge in [0.25, 0.3) is 0 Å². The maximum absolute atomic E-state index is 5.54. The van der Waals surface area contributed by atoms with Gasteiger partial charge in [0.1, 0.15) is 0 Å². The molecule has 0 aromatic rings. The molecule has 1 aliphatic heterocycles. The summed E-state index contributed by atoms with van der Waals surface area (Å²) in [5.41, 5.74) is 0.131. The topological polar surface area (TPSA) is 24.5 Å². The Labute approximate surface area is 68.7 Å². The largest absolute Gasteiger partial charge is 0.313 e. The van der Waals surface area contributed by atoms with Crippen LogP contribution in [0.25, 0.3) is 0 Å². The molecule has 0 aliphatic carbocycles. The number of rotatable bonds is 0. The molecule has 0 amide bonds. The molecule has 0 unspecified atom stereocenters. The smallest absolute Gasteiger partial charge is 0.0809 e. The lowest BCUT2D eigenvalue weighted by molar-refractivity contribution is -0.199. The lowest BCUT2D eigenvalue weighted by Gasteiger charge is -2.32. The quantitative estimate of drug-likeness (QED) is 0.559. The summed E-state index contributed by atoms with van der Waals surface area (Å²) >= 11 is 0. The lowest BCUT2D eigenvalue weighted by Crippen LogP contribution is -2.42. The van der Waals surface area contributed by atoms with Gasteiger partial charge < -0.3 is 5.32 Å². The van der Waals surface area contributed by atoms with Gasteiger partial charge in [-0.1, -0.05) is 0 Å².